The number of aryl methyl sites for hydroxylation is 1. The molecule has 0 radical (unpaired) electrons. The average molecular weight is 261 g/mol. The van der Waals surface area contributed by atoms with Crippen LogP contribution in [0.5, 0.6) is 0 Å². The fraction of sp³-hybridized carbons (Fsp3) is 0.647. The topological polar surface area (TPSA) is 21.3 Å². The lowest BCUT2D eigenvalue weighted by molar-refractivity contribution is 0.0891. The van der Waals surface area contributed by atoms with Gasteiger partial charge in [-0.3, -0.25) is 0 Å². The SMILES string of the molecule is CCNC(COCCC1CCC1)c1cccc(C)c1. The Morgan fingerprint density at radius 3 is 2.84 bits per heavy atom. The van der Waals surface area contributed by atoms with Crippen molar-refractivity contribution in [3.05, 3.63) is 35.4 Å². The third-order valence-corrected chi connectivity index (χ3v) is 4.07. The molecule has 1 aliphatic rings. The minimum atomic E-state index is 0.325. The number of benzene rings is 1. The predicted molar refractivity (Wildman–Crippen MR) is 80.4 cm³/mol. The van der Waals surface area contributed by atoms with Gasteiger partial charge in [-0.05, 0) is 31.4 Å². The summed E-state index contributed by atoms with van der Waals surface area (Å²) < 4.78 is 5.89. The average Bonchev–Trinajstić information content (AvgIpc) is 2.35. The molecule has 0 heterocycles. The van der Waals surface area contributed by atoms with E-state index in [1.54, 1.807) is 0 Å². The molecule has 1 fully saturated rings. The zero-order chi connectivity index (χ0) is 13.5. The molecule has 2 heteroatoms. The maximum atomic E-state index is 5.89. The largest absolute Gasteiger partial charge is 0.379 e. The molecule has 1 saturated carbocycles. The smallest absolute Gasteiger partial charge is 0.0661 e. The van der Waals surface area contributed by atoms with Gasteiger partial charge < -0.3 is 10.1 Å². The number of hydrogen-bond donors (Lipinski definition) is 1. The van der Waals surface area contributed by atoms with Gasteiger partial charge in [-0.25, -0.2) is 0 Å². The second-order valence-electron chi connectivity index (χ2n) is 5.68. The normalized spacial score (nSPS) is 17.2. The first-order chi connectivity index (χ1) is 9.29. The Balaban J connectivity index is 1.78. The zero-order valence-corrected chi connectivity index (χ0v) is 12.3. The summed E-state index contributed by atoms with van der Waals surface area (Å²) in [6.07, 6.45) is 5.50. The van der Waals surface area contributed by atoms with Crippen LogP contribution in [0.1, 0.15) is 49.8 Å². The standard InChI is InChI=1S/C17H27NO/c1-3-18-17(16-9-4-6-14(2)12-16)13-19-11-10-15-7-5-8-15/h4,6,9,12,15,17-18H,3,5,7-8,10-11,13H2,1-2H3. The van der Waals surface area contributed by atoms with Gasteiger partial charge in [-0.15, -0.1) is 0 Å². The van der Waals surface area contributed by atoms with Crippen molar-refractivity contribution in [2.24, 2.45) is 5.92 Å². The van der Waals surface area contributed by atoms with E-state index in [1.807, 2.05) is 0 Å². The molecule has 1 aliphatic carbocycles. The van der Waals surface area contributed by atoms with Crippen LogP contribution in [0.3, 0.4) is 0 Å². The predicted octanol–water partition coefficient (Wildman–Crippen LogP) is 3.85. The molecule has 0 aromatic heterocycles. The molecule has 0 spiro atoms. The number of rotatable bonds is 8. The second-order valence-corrected chi connectivity index (χ2v) is 5.68. The molecule has 19 heavy (non-hydrogen) atoms. The van der Waals surface area contributed by atoms with Crippen LogP contribution in [0, 0.1) is 12.8 Å². The van der Waals surface area contributed by atoms with Gasteiger partial charge in [0, 0.05) is 6.61 Å². The van der Waals surface area contributed by atoms with Crippen LogP contribution in [0.25, 0.3) is 0 Å². The summed E-state index contributed by atoms with van der Waals surface area (Å²) in [4.78, 5) is 0. The Morgan fingerprint density at radius 1 is 1.37 bits per heavy atom. The summed E-state index contributed by atoms with van der Waals surface area (Å²) in [5.41, 5.74) is 2.65. The van der Waals surface area contributed by atoms with Crippen molar-refractivity contribution in [3.8, 4) is 0 Å². The quantitative estimate of drug-likeness (QED) is 0.718. The van der Waals surface area contributed by atoms with E-state index in [2.05, 4.69) is 43.4 Å². The highest BCUT2D eigenvalue weighted by atomic mass is 16.5. The molecule has 2 nitrogen and oxygen atoms in total. The van der Waals surface area contributed by atoms with Crippen LogP contribution in [0.15, 0.2) is 24.3 Å². The first-order valence-corrected chi connectivity index (χ1v) is 7.67. The van der Waals surface area contributed by atoms with E-state index in [9.17, 15) is 0 Å². The first-order valence-electron chi connectivity index (χ1n) is 7.67. The van der Waals surface area contributed by atoms with Crippen molar-refractivity contribution in [1.82, 2.24) is 5.32 Å². The van der Waals surface area contributed by atoms with Crippen LogP contribution < -0.4 is 5.32 Å². The lowest BCUT2D eigenvalue weighted by Gasteiger charge is -2.25. The molecule has 0 aliphatic heterocycles. The van der Waals surface area contributed by atoms with Crippen LogP contribution >= 0.6 is 0 Å². The monoisotopic (exact) mass is 261 g/mol. The van der Waals surface area contributed by atoms with E-state index in [0.29, 0.717) is 6.04 Å². The number of hydrogen-bond acceptors (Lipinski definition) is 2. The maximum absolute atomic E-state index is 5.89. The van der Waals surface area contributed by atoms with Crippen molar-refractivity contribution in [2.75, 3.05) is 19.8 Å². The van der Waals surface area contributed by atoms with Crippen LogP contribution in [-0.4, -0.2) is 19.8 Å². The van der Waals surface area contributed by atoms with Gasteiger partial charge >= 0.3 is 0 Å². The van der Waals surface area contributed by atoms with E-state index >= 15 is 0 Å². The lowest BCUT2D eigenvalue weighted by Crippen LogP contribution is -2.26. The fourth-order valence-electron chi connectivity index (χ4n) is 2.64. The Morgan fingerprint density at radius 2 is 2.21 bits per heavy atom. The Bertz CT molecular complexity index is 373. The van der Waals surface area contributed by atoms with Crippen molar-refractivity contribution in [2.45, 2.75) is 45.6 Å². The highest BCUT2D eigenvalue weighted by molar-refractivity contribution is 5.25. The lowest BCUT2D eigenvalue weighted by atomic mass is 9.83. The third kappa shape index (κ3) is 4.63. The highest BCUT2D eigenvalue weighted by Gasteiger charge is 2.17. The van der Waals surface area contributed by atoms with Gasteiger partial charge in [0.25, 0.3) is 0 Å². The van der Waals surface area contributed by atoms with Crippen molar-refractivity contribution < 1.29 is 4.74 Å². The molecule has 106 valence electrons. The molecule has 1 aromatic rings. The minimum absolute atomic E-state index is 0.325. The molecule has 1 N–H and O–H groups in total. The number of nitrogens with one attached hydrogen (secondary N) is 1. The molecule has 0 amide bonds. The summed E-state index contributed by atoms with van der Waals surface area (Å²) >= 11 is 0. The molecule has 1 aromatic carbocycles. The summed E-state index contributed by atoms with van der Waals surface area (Å²) in [5, 5.41) is 3.52. The molecule has 0 saturated heterocycles. The van der Waals surface area contributed by atoms with Crippen molar-refractivity contribution in [3.63, 3.8) is 0 Å². The van der Waals surface area contributed by atoms with Gasteiger partial charge in [0.15, 0.2) is 0 Å². The molecule has 2 rings (SSSR count). The van der Waals surface area contributed by atoms with Crippen LogP contribution in [0.4, 0.5) is 0 Å². The summed E-state index contributed by atoms with van der Waals surface area (Å²) in [6, 6.07) is 9.04. The van der Waals surface area contributed by atoms with Crippen molar-refractivity contribution >= 4 is 0 Å². The van der Waals surface area contributed by atoms with Gasteiger partial charge in [0.2, 0.25) is 0 Å². The summed E-state index contributed by atoms with van der Waals surface area (Å²) in [7, 11) is 0. The van der Waals surface area contributed by atoms with Crippen molar-refractivity contribution in [1.29, 1.82) is 0 Å². The Kier molecular flexibility index (Phi) is 5.87. The van der Waals surface area contributed by atoms with E-state index in [-0.39, 0.29) is 0 Å². The van der Waals surface area contributed by atoms with E-state index in [0.717, 1.165) is 25.7 Å². The van der Waals surface area contributed by atoms with E-state index in [1.165, 1.54) is 36.8 Å². The number of likely N-dealkylation sites (N-methyl/N-ethyl adjacent to an activating group) is 1. The van der Waals surface area contributed by atoms with Gasteiger partial charge in [0.05, 0.1) is 12.6 Å². The first kappa shape index (κ1) is 14.5. The van der Waals surface area contributed by atoms with E-state index < -0.39 is 0 Å². The Labute approximate surface area is 117 Å². The maximum Gasteiger partial charge on any atom is 0.0661 e. The minimum Gasteiger partial charge on any atom is -0.379 e. The fourth-order valence-corrected chi connectivity index (χ4v) is 2.64. The molecule has 0 bridgehead atoms. The molecule has 1 unspecified atom stereocenters. The van der Waals surface area contributed by atoms with Crippen LogP contribution in [-0.2, 0) is 4.74 Å². The summed E-state index contributed by atoms with van der Waals surface area (Å²) in [5.74, 6) is 0.941. The number of ether oxygens (including phenoxy) is 1. The molecule has 1 atom stereocenters. The van der Waals surface area contributed by atoms with Gasteiger partial charge in [0.1, 0.15) is 0 Å². The zero-order valence-electron chi connectivity index (χ0n) is 12.3. The van der Waals surface area contributed by atoms with Gasteiger partial charge in [-0.1, -0.05) is 56.0 Å². The summed E-state index contributed by atoms with van der Waals surface area (Å²) in [6.45, 7) is 6.97. The Hall–Kier alpha value is -0.860. The van der Waals surface area contributed by atoms with E-state index in [4.69, 9.17) is 4.74 Å². The molecular formula is C17H27NO. The third-order valence-electron chi connectivity index (χ3n) is 4.07. The molecular weight excluding hydrogens is 234 g/mol. The second kappa shape index (κ2) is 7.66. The van der Waals surface area contributed by atoms with Crippen LogP contribution in [0.2, 0.25) is 0 Å². The van der Waals surface area contributed by atoms with Gasteiger partial charge in [-0.2, -0.15) is 0 Å². The highest BCUT2D eigenvalue weighted by Crippen LogP contribution is 2.29.